The maximum Gasteiger partial charge on any atom is 0.0297 e. The van der Waals surface area contributed by atoms with Gasteiger partial charge in [-0.05, 0) is 30.0 Å². The quantitative estimate of drug-likeness (QED) is 0.614. The second-order valence-electron chi connectivity index (χ2n) is 2.84. The van der Waals surface area contributed by atoms with Crippen LogP contribution in [0.1, 0.15) is 25.0 Å². The Morgan fingerprint density at radius 2 is 2.00 bits per heavy atom. The van der Waals surface area contributed by atoms with Crippen molar-refractivity contribution in [2.45, 2.75) is 36.5 Å². The molecule has 1 aromatic rings. The molecule has 58 valence electrons. The van der Waals surface area contributed by atoms with Crippen molar-refractivity contribution in [2.75, 3.05) is 0 Å². The lowest BCUT2D eigenvalue weighted by Gasteiger charge is -2.01. The van der Waals surface area contributed by atoms with Crippen molar-refractivity contribution in [1.29, 1.82) is 0 Å². The Morgan fingerprint density at radius 3 is 2.64 bits per heavy atom. The Bertz CT molecular complexity index is 289. The smallest absolute Gasteiger partial charge is 0.0297 e. The highest BCUT2D eigenvalue weighted by molar-refractivity contribution is 8.05. The van der Waals surface area contributed by atoms with Crippen molar-refractivity contribution in [1.82, 2.24) is 0 Å². The van der Waals surface area contributed by atoms with Crippen LogP contribution in [0.15, 0.2) is 21.9 Å². The number of benzene rings is 1. The molecule has 1 heteroatoms. The van der Waals surface area contributed by atoms with Crippen LogP contribution in [0.4, 0.5) is 0 Å². The van der Waals surface area contributed by atoms with E-state index < -0.39 is 0 Å². The van der Waals surface area contributed by atoms with E-state index in [-0.39, 0.29) is 0 Å². The molecule has 2 rings (SSSR count). The summed E-state index contributed by atoms with van der Waals surface area (Å²) in [6.07, 6.45) is 2.37. The van der Waals surface area contributed by atoms with Gasteiger partial charge in [-0.25, -0.2) is 0 Å². The predicted molar refractivity (Wildman–Crippen MR) is 49.3 cm³/mol. The fourth-order valence-corrected chi connectivity index (χ4v) is 2.44. The molecule has 11 heavy (non-hydrogen) atoms. The third kappa shape index (κ3) is 1.08. The van der Waals surface area contributed by atoms with E-state index >= 15 is 0 Å². The van der Waals surface area contributed by atoms with Crippen LogP contribution >= 0.6 is 11.8 Å². The van der Waals surface area contributed by atoms with Gasteiger partial charge in [0.25, 0.3) is 0 Å². The Morgan fingerprint density at radius 1 is 1.18 bits per heavy atom. The van der Waals surface area contributed by atoms with Gasteiger partial charge in [-0.1, -0.05) is 31.7 Å². The van der Waals surface area contributed by atoms with Crippen LogP contribution in [0.25, 0.3) is 0 Å². The van der Waals surface area contributed by atoms with Crippen molar-refractivity contribution in [3.05, 3.63) is 23.3 Å². The zero-order chi connectivity index (χ0) is 7.84. The van der Waals surface area contributed by atoms with Crippen LogP contribution in [0.2, 0.25) is 0 Å². The molecule has 0 aliphatic carbocycles. The van der Waals surface area contributed by atoms with Gasteiger partial charge in [-0.3, -0.25) is 0 Å². The summed E-state index contributed by atoms with van der Waals surface area (Å²) in [5.41, 5.74) is 3.13. The lowest BCUT2D eigenvalue weighted by Crippen LogP contribution is -1.88. The minimum atomic E-state index is 1.18. The van der Waals surface area contributed by atoms with E-state index in [9.17, 15) is 0 Å². The summed E-state index contributed by atoms with van der Waals surface area (Å²) in [5.74, 6) is 0. The van der Waals surface area contributed by atoms with Crippen LogP contribution in [-0.4, -0.2) is 0 Å². The molecule has 1 heterocycles. The first-order chi connectivity index (χ1) is 5.36. The largest absolute Gasteiger partial charge is 0.0874 e. The Kier molecular flexibility index (Phi) is 1.68. The van der Waals surface area contributed by atoms with Crippen LogP contribution < -0.4 is 0 Å². The number of hydrogen-bond donors (Lipinski definition) is 0. The van der Waals surface area contributed by atoms with Crippen molar-refractivity contribution in [3.63, 3.8) is 0 Å². The molecule has 0 amide bonds. The highest BCUT2D eigenvalue weighted by Crippen LogP contribution is 2.51. The molecule has 0 fully saturated rings. The number of hydrogen-bond acceptors (Lipinski definition) is 1. The van der Waals surface area contributed by atoms with Crippen molar-refractivity contribution in [3.8, 4) is 0 Å². The van der Waals surface area contributed by atoms with Crippen molar-refractivity contribution >= 4 is 11.8 Å². The normalized spacial score (nSPS) is 12.9. The molecule has 0 unspecified atom stereocenters. The van der Waals surface area contributed by atoms with Gasteiger partial charge in [0, 0.05) is 9.79 Å². The molecule has 0 bridgehead atoms. The molecule has 0 N–H and O–H groups in total. The minimum Gasteiger partial charge on any atom is -0.0874 e. The molecule has 1 aliphatic heterocycles. The van der Waals surface area contributed by atoms with E-state index in [2.05, 4.69) is 26.0 Å². The lowest BCUT2D eigenvalue weighted by molar-refractivity contribution is 0.992. The topological polar surface area (TPSA) is 0 Å². The number of aryl methyl sites for hydroxylation is 1. The Labute approximate surface area is 72.0 Å². The Hall–Kier alpha value is -0.430. The summed E-state index contributed by atoms with van der Waals surface area (Å²) in [6.45, 7) is 4.47. The van der Waals surface area contributed by atoms with E-state index in [0.29, 0.717) is 0 Å². The number of fused-ring (bicyclic) bond motifs is 1. The first-order valence-corrected chi connectivity index (χ1v) is 5.01. The van der Waals surface area contributed by atoms with Crippen LogP contribution in [-0.2, 0) is 12.8 Å². The summed E-state index contributed by atoms with van der Waals surface area (Å²) in [5, 5.41) is 0. The van der Waals surface area contributed by atoms with Crippen LogP contribution in [0.5, 0.6) is 0 Å². The summed E-state index contributed by atoms with van der Waals surface area (Å²) in [4.78, 5) is 3.06. The highest BCUT2D eigenvalue weighted by Gasteiger charge is 2.22. The van der Waals surface area contributed by atoms with E-state index in [1.54, 1.807) is 10.5 Å². The van der Waals surface area contributed by atoms with E-state index in [1.807, 2.05) is 11.8 Å². The van der Waals surface area contributed by atoms with Crippen molar-refractivity contribution < 1.29 is 0 Å². The second-order valence-corrected chi connectivity index (χ2v) is 3.89. The fraction of sp³-hybridized carbons (Fsp3) is 0.400. The molecule has 0 aromatic heterocycles. The maximum atomic E-state index is 2.28. The molecule has 1 aromatic carbocycles. The molecular formula is C10H12S. The predicted octanol–water partition coefficient (Wildman–Crippen LogP) is 3.28. The molecule has 0 nitrogen and oxygen atoms in total. The zero-order valence-corrected chi connectivity index (χ0v) is 7.79. The zero-order valence-electron chi connectivity index (χ0n) is 6.98. The van der Waals surface area contributed by atoms with Crippen molar-refractivity contribution in [2.24, 2.45) is 0 Å². The average molecular weight is 164 g/mol. The molecule has 0 spiro atoms. The first-order valence-electron chi connectivity index (χ1n) is 4.19. The summed E-state index contributed by atoms with van der Waals surface area (Å²) in [6, 6.07) is 4.52. The standard InChI is InChI=1S/C10H12S/c1-3-7-5-6-9-10(11-9)8(7)4-2/h5-6H,3-4H2,1-2H3. The maximum absolute atomic E-state index is 2.28. The summed E-state index contributed by atoms with van der Waals surface area (Å²) >= 11 is 1.94. The third-order valence-electron chi connectivity index (χ3n) is 2.23. The third-order valence-corrected chi connectivity index (χ3v) is 3.25. The molecule has 0 saturated heterocycles. The molecular weight excluding hydrogens is 152 g/mol. The van der Waals surface area contributed by atoms with Gasteiger partial charge in [0.15, 0.2) is 0 Å². The monoisotopic (exact) mass is 164 g/mol. The van der Waals surface area contributed by atoms with E-state index in [4.69, 9.17) is 0 Å². The number of rotatable bonds is 2. The molecule has 0 radical (unpaired) electrons. The van der Waals surface area contributed by atoms with Gasteiger partial charge in [0.2, 0.25) is 0 Å². The SMILES string of the molecule is CCc1ccc2c(c1CC)S2. The molecule has 0 atom stereocenters. The highest BCUT2D eigenvalue weighted by atomic mass is 32.2. The lowest BCUT2D eigenvalue weighted by atomic mass is 10.0. The van der Waals surface area contributed by atoms with E-state index in [1.165, 1.54) is 23.3 Å². The average Bonchev–Trinajstić information content (AvgIpc) is 2.80. The molecule has 1 aliphatic rings. The fourth-order valence-electron chi connectivity index (χ4n) is 1.55. The minimum absolute atomic E-state index is 1.18. The van der Waals surface area contributed by atoms with E-state index in [0.717, 1.165) is 0 Å². The van der Waals surface area contributed by atoms with Gasteiger partial charge in [0.05, 0.1) is 0 Å². The van der Waals surface area contributed by atoms with Gasteiger partial charge in [0.1, 0.15) is 0 Å². The van der Waals surface area contributed by atoms with Crippen LogP contribution in [0, 0.1) is 0 Å². The van der Waals surface area contributed by atoms with Gasteiger partial charge >= 0.3 is 0 Å². The first kappa shape index (κ1) is 7.23. The summed E-state index contributed by atoms with van der Waals surface area (Å²) < 4.78 is 0. The summed E-state index contributed by atoms with van der Waals surface area (Å²) in [7, 11) is 0. The second kappa shape index (κ2) is 2.56. The molecule has 0 saturated carbocycles. The van der Waals surface area contributed by atoms with Crippen LogP contribution in [0.3, 0.4) is 0 Å². The van der Waals surface area contributed by atoms with Gasteiger partial charge in [-0.2, -0.15) is 0 Å². The Balaban J connectivity index is 2.49. The van der Waals surface area contributed by atoms with Gasteiger partial charge in [-0.15, -0.1) is 0 Å². The van der Waals surface area contributed by atoms with Gasteiger partial charge < -0.3 is 0 Å².